The lowest BCUT2D eigenvalue weighted by molar-refractivity contribution is -0.123. The number of hydrogen-bond donors (Lipinski definition) is 2. The van der Waals surface area contributed by atoms with Crippen LogP contribution in [0.25, 0.3) is 0 Å². The Hall–Kier alpha value is -1.62. The largest absolute Gasteiger partial charge is 0.388 e. The van der Waals surface area contributed by atoms with Crippen LogP contribution in [-0.2, 0) is 11.3 Å². The molecule has 2 aromatic rings. The molecule has 1 aromatic heterocycles. The Labute approximate surface area is 132 Å². The van der Waals surface area contributed by atoms with Crippen LogP contribution in [0.3, 0.4) is 0 Å². The van der Waals surface area contributed by atoms with E-state index in [0.29, 0.717) is 22.2 Å². The lowest BCUT2D eigenvalue weighted by Gasteiger charge is -2.12. The van der Waals surface area contributed by atoms with Crippen LogP contribution in [0, 0.1) is 0 Å². The van der Waals surface area contributed by atoms with Crippen LogP contribution in [0.5, 0.6) is 0 Å². The minimum atomic E-state index is -0.954. The summed E-state index contributed by atoms with van der Waals surface area (Å²) in [6.07, 6.45) is 0.637. The van der Waals surface area contributed by atoms with E-state index >= 15 is 0 Å². The van der Waals surface area contributed by atoms with Gasteiger partial charge in [0.25, 0.3) is 0 Å². The molecule has 1 atom stereocenters. The molecule has 1 unspecified atom stereocenters. The van der Waals surface area contributed by atoms with Gasteiger partial charge in [-0.15, -0.1) is 0 Å². The topological polar surface area (TPSA) is 62.2 Å². The normalized spacial score (nSPS) is 12.0. The van der Waals surface area contributed by atoms with Gasteiger partial charge in [0.05, 0.1) is 24.8 Å². The number of aromatic nitrogens is 1. The third-order valence-electron chi connectivity index (χ3n) is 2.84. The average molecular weight is 325 g/mol. The van der Waals surface area contributed by atoms with E-state index in [1.807, 2.05) is 12.1 Å². The summed E-state index contributed by atoms with van der Waals surface area (Å²) in [4.78, 5) is 15.9. The molecular weight excluding hydrogens is 311 g/mol. The van der Waals surface area contributed by atoms with Gasteiger partial charge in [-0.05, 0) is 35.9 Å². The molecule has 0 saturated carbocycles. The summed E-state index contributed by atoms with van der Waals surface area (Å²) < 4.78 is 0. The van der Waals surface area contributed by atoms with Gasteiger partial charge in [0, 0.05) is 16.2 Å². The van der Waals surface area contributed by atoms with Crippen molar-refractivity contribution in [2.24, 2.45) is 0 Å². The van der Waals surface area contributed by atoms with Gasteiger partial charge in [-0.2, -0.15) is 0 Å². The molecule has 2 N–H and O–H groups in total. The average Bonchev–Trinajstić information content (AvgIpc) is 2.45. The van der Waals surface area contributed by atoms with E-state index in [2.05, 4.69) is 10.3 Å². The zero-order chi connectivity index (χ0) is 15.2. The summed E-state index contributed by atoms with van der Waals surface area (Å²) in [6, 6.07) is 10.2. The van der Waals surface area contributed by atoms with Crippen molar-refractivity contribution in [3.8, 4) is 0 Å². The summed E-state index contributed by atoms with van der Waals surface area (Å²) in [5, 5.41) is 13.6. The fourth-order valence-electron chi connectivity index (χ4n) is 1.83. The number of benzene rings is 1. The Morgan fingerprint density at radius 2 is 1.95 bits per heavy atom. The quantitative estimate of drug-likeness (QED) is 0.888. The molecule has 21 heavy (non-hydrogen) atoms. The molecule has 0 aliphatic carbocycles. The molecule has 4 nitrogen and oxygen atoms in total. The van der Waals surface area contributed by atoms with Crippen LogP contribution in [0.1, 0.15) is 23.8 Å². The second kappa shape index (κ2) is 7.41. The smallest absolute Gasteiger partial charge is 0.223 e. The molecule has 1 aromatic carbocycles. The first-order valence-corrected chi connectivity index (χ1v) is 7.11. The highest BCUT2D eigenvalue weighted by Gasteiger charge is 2.14. The summed E-state index contributed by atoms with van der Waals surface area (Å²) in [5.41, 5.74) is 1.27. The first-order valence-electron chi connectivity index (χ1n) is 6.35. The maximum atomic E-state index is 11.8. The van der Waals surface area contributed by atoms with Crippen molar-refractivity contribution in [1.29, 1.82) is 0 Å². The highest BCUT2D eigenvalue weighted by molar-refractivity contribution is 6.34. The van der Waals surface area contributed by atoms with Gasteiger partial charge in [0.1, 0.15) is 0 Å². The summed E-state index contributed by atoms with van der Waals surface area (Å²) >= 11 is 11.7. The van der Waals surface area contributed by atoms with Crippen molar-refractivity contribution >= 4 is 29.1 Å². The number of hydrogen-bond acceptors (Lipinski definition) is 3. The molecule has 6 heteroatoms. The van der Waals surface area contributed by atoms with Crippen LogP contribution in [0.4, 0.5) is 0 Å². The number of nitrogens with zero attached hydrogens (tertiary/aromatic N) is 1. The van der Waals surface area contributed by atoms with E-state index in [9.17, 15) is 9.90 Å². The monoisotopic (exact) mass is 324 g/mol. The third kappa shape index (κ3) is 5.01. The van der Waals surface area contributed by atoms with Gasteiger partial charge in [0.2, 0.25) is 5.91 Å². The predicted octanol–water partition coefficient (Wildman–Crippen LogP) is 3.13. The second-order valence-electron chi connectivity index (χ2n) is 4.52. The van der Waals surface area contributed by atoms with Crippen LogP contribution < -0.4 is 5.32 Å². The number of aliphatic hydroxyl groups is 1. The van der Waals surface area contributed by atoms with E-state index in [-0.39, 0.29) is 12.3 Å². The van der Waals surface area contributed by atoms with Crippen molar-refractivity contribution < 1.29 is 9.90 Å². The van der Waals surface area contributed by atoms with Crippen molar-refractivity contribution in [3.63, 3.8) is 0 Å². The molecular formula is C15H14Cl2N2O2. The Kier molecular flexibility index (Phi) is 5.56. The van der Waals surface area contributed by atoms with Gasteiger partial charge in [0.15, 0.2) is 0 Å². The molecule has 2 rings (SSSR count). The Bertz CT molecular complexity index is 600. The molecule has 0 aliphatic heterocycles. The SMILES string of the molecule is O=C(CC(O)c1cc(Cl)cc(Cl)c1)NCc1ccccn1. The van der Waals surface area contributed by atoms with Gasteiger partial charge in [-0.25, -0.2) is 0 Å². The number of amides is 1. The number of nitrogens with one attached hydrogen (secondary N) is 1. The summed E-state index contributed by atoms with van der Waals surface area (Å²) in [5.74, 6) is -0.274. The van der Waals surface area contributed by atoms with Crippen LogP contribution in [-0.4, -0.2) is 16.0 Å². The van der Waals surface area contributed by atoms with Crippen LogP contribution >= 0.6 is 23.2 Å². The predicted molar refractivity (Wildman–Crippen MR) is 82.1 cm³/mol. The van der Waals surface area contributed by atoms with Crippen molar-refractivity contribution in [3.05, 3.63) is 63.9 Å². The van der Waals surface area contributed by atoms with Crippen LogP contribution in [0.15, 0.2) is 42.6 Å². The fraction of sp³-hybridized carbons (Fsp3) is 0.200. The molecule has 1 heterocycles. The molecule has 0 bridgehead atoms. The number of aliphatic hydroxyl groups excluding tert-OH is 1. The molecule has 1 amide bonds. The standard InChI is InChI=1S/C15H14Cl2N2O2/c16-11-5-10(6-12(17)7-11)14(20)8-15(21)19-9-13-3-1-2-4-18-13/h1-7,14,20H,8-9H2,(H,19,21). The van der Waals surface area contributed by atoms with Gasteiger partial charge < -0.3 is 10.4 Å². The Morgan fingerprint density at radius 1 is 1.24 bits per heavy atom. The first-order chi connectivity index (χ1) is 10.0. The number of halogens is 2. The molecule has 0 aliphatic rings. The lowest BCUT2D eigenvalue weighted by atomic mass is 10.1. The maximum Gasteiger partial charge on any atom is 0.223 e. The zero-order valence-corrected chi connectivity index (χ0v) is 12.6. The van der Waals surface area contributed by atoms with Crippen molar-refractivity contribution in [1.82, 2.24) is 10.3 Å². The molecule has 110 valence electrons. The van der Waals surface area contributed by atoms with Crippen molar-refractivity contribution in [2.75, 3.05) is 0 Å². The maximum absolute atomic E-state index is 11.8. The Morgan fingerprint density at radius 3 is 2.57 bits per heavy atom. The van der Waals surface area contributed by atoms with Gasteiger partial charge in [-0.3, -0.25) is 9.78 Å². The van der Waals surface area contributed by atoms with Gasteiger partial charge in [-0.1, -0.05) is 29.3 Å². The zero-order valence-electron chi connectivity index (χ0n) is 11.1. The third-order valence-corrected chi connectivity index (χ3v) is 3.28. The molecule has 0 saturated heterocycles. The van der Waals surface area contributed by atoms with E-state index in [0.717, 1.165) is 5.69 Å². The fourth-order valence-corrected chi connectivity index (χ4v) is 2.37. The van der Waals surface area contributed by atoms with Gasteiger partial charge >= 0.3 is 0 Å². The Balaban J connectivity index is 1.90. The highest BCUT2D eigenvalue weighted by atomic mass is 35.5. The first kappa shape index (κ1) is 15.8. The minimum absolute atomic E-state index is 0.0660. The van der Waals surface area contributed by atoms with E-state index in [1.54, 1.807) is 30.5 Å². The minimum Gasteiger partial charge on any atom is -0.388 e. The van der Waals surface area contributed by atoms with E-state index in [4.69, 9.17) is 23.2 Å². The van der Waals surface area contributed by atoms with E-state index in [1.165, 1.54) is 0 Å². The van der Waals surface area contributed by atoms with Crippen LogP contribution in [0.2, 0.25) is 10.0 Å². The second-order valence-corrected chi connectivity index (χ2v) is 5.39. The molecule has 0 spiro atoms. The number of carbonyl (C=O) groups is 1. The summed E-state index contributed by atoms with van der Waals surface area (Å²) in [7, 11) is 0. The molecule has 0 radical (unpaired) electrons. The summed E-state index contributed by atoms with van der Waals surface area (Å²) in [6.45, 7) is 0.322. The lowest BCUT2D eigenvalue weighted by Crippen LogP contribution is -2.25. The van der Waals surface area contributed by atoms with E-state index < -0.39 is 6.10 Å². The number of rotatable bonds is 5. The van der Waals surface area contributed by atoms with Crippen molar-refractivity contribution in [2.45, 2.75) is 19.1 Å². The number of carbonyl (C=O) groups excluding carboxylic acids is 1. The number of pyridine rings is 1. The molecule has 0 fully saturated rings. The highest BCUT2D eigenvalue weighted by Crippen LogP contribution is 2.25.